The minimum atomic E-state index is -1.13. The van der Waals surface area contributed by atoms with Gasteiger partial charge in [0.1, 0.15) is 11.9 Å². The number of benzene rings is 1. The smallest absolute Gasteiger partial charge is 0.325 e. The molecule has 0 heterocycles. The van der Waals surface area contributed by atoms with E-state index in [1.807, 2.05) is 22.6 Å². The molecule has 0 radical (unpaired) electrons. The minimum absolute atomic E-state index is 0.403. The lowest BCUT2D eigenvalue weighted by atomic mass is 10.3. The van der Waals surface area contributed by atoms with Crippen LogP contribution in [0.25, 0.3) is 0 Å². The molecule has 0 bridgehead atoms. The number of hydrogen-bond acceptors (Lipinski definition) is 2. The summed E-state index contributed by atoms with van der Waals surface area (Å²) in [5.74, 6) is -1.53. The zero-order valence-electron chi connectivity index (χ0n) is 8.83. The summed E-state index contributed by atoms with van der Waals surface area (Å²) in [6.45, 7) is 1.34. The normalized spacial score (nSPS) is 11.7. The summed E-state index contributed by atoms with van der Waals surface area (Å²) in [5.41, 5.74) is 0.419. The van der Waals surface area contributed by atoms with Gasteiger partial charge >= 0.3 is 12.0 Å². The molecule has 1 atom stereocenters. The molecule has 0 saturated carbocycles. The van der Waals surface area contributed by atoms with Gasteiger partial charge in [-0.25, -0.2) is 9.18 Å². The van der Waals surface area contributed by atoms with Crippen molar-refractivity contribution >= 4 is 40.3 Å². The molecule has 1 aromatic carbocycles. The molecule has 0 aliphatic heterocycles. The van der Waals surface area contributed by atoms with Crippen LogP contribution in [0.4, 0.5) is 14.9 Å². The van der Waals surface area contributed by atoms with Crippen LogP contribution < -0.4 is 10.6 Å². The van der Waals surface area contributed by atoms with Crippen LogP contribution in [0.1, 0.15) is 6.92 Å². The van der Waals surface area contributed by atoms with Gasteiger partial charge in [0.2, 0.25) is 0 Å². The van der Waals surface area contributed by atoms with E-state index >= 15 is 0 Å². The average molecular weight is 352 g/mol. The van der Waals surface area contributed by atoms with Crippen molar-refractivity contribution in [3.05, 3.63) is 27.6 Å². The van der Waals surface area contributed by atoms with Gasteiger partial charge in [-0.05, 0) is 47.7 Å². The number of hydrogen-bond donors (Lipinski definition) is 3. The molecule has 0 aliphatic rings. The van der Waals surface area contributed by atoms with E-state index in [0.29, 0.717) is 9.26 Å². The number of carboxylic acids is 1. The SMILES string of the molecule is C[C@@H](NC(=O)Nc1ccc(F)cc1I)C(=O)O. The van der Waals surface area contributed by atoms with Crippen LogP contribution in [-0.4, -0.2) is 23.1 Å². The van der Waals surface area contributed by atoms with Crippen molar-refractivity contribution in [1.29, 1.82) is 0 Å². The standard InChI is InChI=1S/C10H10FIN2O3/c1-5(9(15)16)13-10(17)14-8-3-2-6(11)4-7(8)12/h2-5H,1H3,(H,15,16)(H2,13,14,17)/t5-/m1/s1. The van der Waals surface area contributed by atoms with Crippen LogP contribution in [0.3, 0.4) is 0 Å². The first-order valence-corrected chi connectivity index (χ1v) is 5.73. The number of rotatable bonds is 3. The summed E-state index contributed by atoms with van der Waals surface area (Å²) in [4.78, 5) is 21.9. The second-order valence-corrected chi connectivity index (χ2v) is 4.44. The van der Waals surface area contributed by atoms with E-state index < -0.39 is 23.9 Å². The third kappa shape index (κ3) is 4.17. The van der Waals surface area contributed by atoms with Crippen LogP contribution >= 0.6 is 22.6 Å². The fourth-order valence-corrected chi connectivity index (χ4v) is 1.62. The van der Waals surface area contributed by atoms with Gasteiger partial charge in [-0.15, -0.1) is 0 Å². The first-order chi connectivity index (χ1) is 7.90. The van der Waals surface area contributed by atoms with E-state index in [1.54, 1.807) is 0 Å². The van der Waals surface area contributed by atoms with Gasteiger partial charge in [0.05, 0.1) is 5.69 Å². The molecule has 17 heavy (non-hydrogen) atoms. The Labute approximate surface area is 111 Å². The number of aliphatic carboxylic acids is 1. The van der Waals surface area contributed by atoms with Crippen molar-refractivity contribution in [3.8, 4) is 0 Å². The molecule has 0 saturated heterocycles. The van der Waals surface area contributed by atoms with E-state index in [4.69, 9.17) is 5.11 Å². The number of halogens is 2. The van der Waals surface area contributed by atoms with Crippen molar-refractivity contribution in [3.63, 3.8) is 0 Å². The maximum atomic E-state index is 12.8. The van der Waals surface area contributed by atoms with Crippen molar-refractivity contribution in [2.45, 2.75) is 13.0 Å². The summed E-state index contributed by atoms with van der Waals surface area (Å²) in [7, 11) is 0. The predicted molar refractivity (Wildman–Crippen MR) is 68.4 cm³/mol. The maximum Gasteiger partial charge on any atom is 0.325 e. The van der Waals surface area contributed by atoms with Crippen LogP contribution in [0.2, 0.25) is 0 Å². The zero-order chi connectivity index (χ0) is 13.0. The number of urea groups is 1. The Morgan fingerprint density at radius 1 is 1.47 bits per heavy atom. The Balaban J connectivity index is 2.65. The molecule has 7 heteroatoms. The van der Waals surface area contributed by atoms with Crippen LogP contribution in [0.5, 0.6) is 0 Å². The van der Waals surface area contributed by atoms with Crippen LogP contribution in [0.15, 0.2) is 18.2 Å². The Hall–Kier alpha value is -1.38. The highest BCUT2D eigenvalue weighted by Crippen LogP contribution is 2.18. The topological polar surface area (TPSA) is 78.4 Å². The molecule has 5 nitrogen and oxygen atoms in total. The highest BCUT2D eigenvalue weighted by atomic mass is 127. The van der Waals surface area contributed by atoms with Gasteiger partial charge in [0.25, 0.3) is 0 Å². The van der Waals surface area contributed by atoms with Crippen LogP contribution in [0, 0.1) is 9.39 Å². The van der Waals surface area contributed by atoms with Gasteiger partial charge in [-0.1, -0.05) is 0 Å². The summed E-state index contributed by atoms with van der Waals surface area (Å²) in [6, 6.07) is 2.23. The molecular weight excluding hydrogens is 342 g/mol. The molecule has 1 aromatic rings. The molecule has 3 N–H and O–H groups in total. The lowest BCUT2D eigenvalue weighted by Gasteiger charge is -2.11. The fraction of sp³-hybridized carbons (Fsp3) is 0.200. The van der Waals surface area contributed by atoms with E-state index in [1.165, 1.54) is 25.1 Å². The minimum Gasteiger partial charge on any atom is -0.480 e. The molecule has 0 aliphatic carbocycles. The molecule has 0 aromatic heterocycles. The predicted octanol–water partition coefficient (Wildman–Crippen LogP) is 2.02. The summed E-state index contributed by atoms with van der Waals surface area (Å²) in [6.07, 6.45) is 0. The first kappa shape index (κ1) is 13.7. The summed E-state index contributed by atoms with van der Waals surface area (Å²) >= 11 is 1.87. The number of nitrogens with one attached hydrogen (secondary N) is 2. The molecule has 0 unspecified atom stereocenters. The third-order valence-corrected chi connectivity index (χ3v) is 2.79. The van der Waals surface area contributed by atoms with E-state index in [-0.39, 0.29) is 0 Å². The monoisotopic (exact) mass is 352 g/mol. The second-order valence-electron chi connectivity index (χ2n) is 3.28. The maximum absolute atomic E-state index is 12.8. The quantitative estimate of drug-likeness (QED) is 0.729. The molecule has 1 rings (SSSR count). The number of carbonyl (C=O) groups excluding carboxylic acids is 1. The Morgan fingerprint density at radius 3 is 2.65 bits per heavy atom. The largest absolute Gasteiger partial charge is 0.480 e. The first-order valence-electron chi connectivity index (χ1n) is 4.65. The second kappa shape index (κ2) is 5.80. The Bertz CT molecular complexity index is 453. The summed E-state index contributed by atoms with van der Waals surface area (Å²) < 4.78 is 13.3. The Morgan fingerprint density at radius 2 is 2.12 bits per heavy atom. The Kier molecular flexibility index (Phi) is 4.67. The third-order valence-electron chi connectivity index (χ3n) is 1.90. The number of anilines is 1. The van der Waals surface area contributed by atoms with E-state index in [2.05, 4.69) is 10.6 Å². The molecule has 0 fully saturated rings. The van der Waals surface area contributed by atoms with Gasteiger partial charge in [-0.3, -0.25) is 4.79 Å². The molecular formula is C10H10FIN2O3. The van der Waals surface area contributed by atoms with Crippen LogP contribution in [-0.2, 0) is 4.79 Å². The highest BCUT2D eigenvalue weighted by Gasteiger charge is 2.14. The average Bonchev–Trinajstić information content (AvgIpc) is 2.22. The van der Waals surface area contributed by atoms with Gasteiger partial charge in [0.15, 0.2) is 0 Å². The molecule has 2 amide bonds. The fourth-order valence-electron chi connectivity index (χ4n) is 1.01. The van der Waals surface area contributed by atoms with E-state index in [0.717, 1.165) is 0 Å². The van der Waals surface area contributed by atoms with E-state index in [9.17, 15) is 14.0 Å². The van der Waals surface area contributed by atoms with Crippen molar-refractivity contribution < 1.29 is 19.1 Å². The van der Waals surface area contributed by atoms with Gasteiger partial charge < -0.3 is 15.7 Å². The highest BCUT2D eigenvalue weighted by molar-refractivity contribution is 14.1. The van der Waals surface area contributed by atoms with Crippen molar-refractivity contribution in [2.75, 3.05) is 5.32 Å². The number of amides is 2. The molecule has 92 valence electrons. The summed E-state index contributed by atoms with van der Waals surface area (Å²) in [5, 5.41) is 13.3. The zero-order valence-corrected chi connectivity index (χ0v) is 11.0. The lowest BCUT2D eigenvalue weighted by molar-refractivity contribution is -0.138. The van der Waals surface area contributed by atoms with Crippen molar-refractivity contribution in [2.24, 2.45) is 0 Å². The van der Waals surface area contributed by atoms with Crippen molar-refractivity contribution in [1.82, 2.24) is 5.32 Å². The lowest BCUT2D eigenvalue weighted by Crippen LogP contribution is -2.40. The van der Waals surface area contributed by atoms with Gasteiger partial charge in [0, 0.05) is 3.57 Å². The van der Waals surface area contributed by atoms with Gasteiger partial charge in [-0.2, -0.15) is 0 Å². The number of carbonyl (C=O) groups is 2. The molecule has 0 spiro atoms. The number of carboxylic acid groups (broad SMARTS) is 1.